The molecule has 3 rings (SSSR count). The molecule has 0 spiro atoms. The number of nitrogens with one attached hydrogen (secondary N) is 2. The zero-order chi connectivity index (χ0) is 14.7. The fourth-order valence-electron chi connectivity index (χ4n) is 2.14. The van der Waals surface area contributed by atoms with Crippen molar-refractivity contribution in [1.29, 1.82) is 0 Å². The number of aromatic amines is 1. The average molecular weight is 299 g/mol. The fourth-order valence-corrected chi connectivity index (χ4v) is 2.33. The van der Waals surface area contributed by atoms with Crippen molar-refractivity contribution in [3.8, 4) is 0 Å². The zero-order valence-corrected chi connectivity index (χ0v) is 12.4. The van der Waals surface area contributed by atoms with Gasteiger partial charge >= 0.3 is 0 Å². The maximum atomic E-state index is 6.02. The third-order valence-electron chi connectivity index (χ3n) is 3.18. The quantitative estimate of drug-likeness (QED) is 0.552. The molecule has 0 amide bonds. The lowest BCUT2D eigenvalue weighted by atomic mass is 10.1. The topological polar surface area (TPSA) is 53.1 Å². The monoisotopic (exact) mass is 298 g/mol. The van der Waals surface area contributed by atoms with Gasteiger partial charge in [-0.15, -0.1) is 0 Å². The van der Waals surface area contributed by atoms with E-state index in [0.717, 1.165) is 28.7 Å². The van der Waals surface area contributed by atoms with Gasteiger partial charge in [-0.05, 0) is 36.2 Å². The molecule has 0 unspecified atom stereocenters. The molecular weight excluding hydrogens is 284 g/mol. The van der Waals surface area contributed by atoms with Crippen LogP contribution in [0.4, 0.5) is 5.95 Å². The SMILES string of the molecule is CC/C(=N\Nc1nc2ccccc2[nH]1)c1cccc(Cl)c1. The molecule has 5 heteroatoms. The Bertz CT molecular complexity index is 759. The van der Waals surface area contributed by atoms with Crippen LogP contribution in [0, 0.1) is 0 Å². The summed E-state index contributed by atoms with van der Waals surface area (Å²) in [7, 11) is 0. The molecule has 2 N–H and O–H groups in total. The number of benzene rings is 2. The van der Waals surface area contributed by atoms with E-state index < -0.39 is 0 Å². The number of hydrogen-bond donors (Lipinski definition) is 2. The van der Waals surface area contributed by atoms with Crippen LogP contribution in [0.25, 0.3) is 11.0 Å². The predicted octanol–water partition coefficient (Wildman–Crippen LogP) is 4.44. The van der Waals surface area contributed by atoms with Gasteiger partial charge in [0.05, 0.1) is 16.7 Å². The molecule has 3 aromatic rings. The number of fused-ring (bicyclic) bond motifs is 1. The Hall–Kier alpha value is -2.33. The van der Waals surface area contributed by atoms with E-state index in [0.29, 0.717) is 11.0 Å². The lowest BCUT2D eigenvalue weighted by molar-refractivity contribution is 1.17. The molecule has 2 aromatic carbocycles. The molecule has 0 saturated heterocycles. The van der Waals surface area contributed by atoms with Crippen molar-refractivity contribution in [2.24, 2.45) is 5.10 Å². The van der Waals surface area contributed by atoms with Crippen LogP contribution in [-0.4, -0.2) is 15.7 Å². The minimum Gasteiger partial charge on any atom is -0.323 e. The van der Waals surface area contributed by atoms with Crippen LogP contribution in [0.3, 0.4) is 0 Å². The molecular formula is C16H15ClN4. The van der Waals surface area contributed by atoms with Crippen LogP contribution >= 0.6 is 11.6 Å². The summed E-state index contributed by atoms with van der Waals surface area (Å²) in [6.45, 7) is 2.06. The molecule has 4 nitrogen and oxygen atoms in total. The van der Waals surface area contributed by atoms with Crippen molar-refractivity contribution in [2.75, 3.05) is 5.43 Å². The highest BCUT2D eigenvalue weighted by atomic mass is 35.5. The minimum absolute atomic E-state index is 0.629. The van der Waals surface area contributed by atoms with Gasteiger partial charge < -0.3 is 4.98 Å². The Labute approximate surface area is 127 Å². The number of anilines is 1. The number of imidazole rings is 1. The van der Waals surface area contributed by atoms with Gasteiger partial charge in [-0.3, -0.25) is 0 Å². The van der Waals surface area contributed by atoms with Gasteiger partial charge in [-0.25, -0.2) is 10.4 Å². The van der Waals surface area contributed by atoms with Crippen LogP contribution in [-0.2, 0) is 0 Å². The second-order valence-electron chi connectivity index (χ2n) is 4.64. The Kier molecular flexibility index (Phi) is 3.88. The molecule has 21 heavy (non-hydrogen) atoms. The Morgan fingerprint density at radius 2 is 2.10 bits per heavy atom. The zero-order valence-electron chi connectivity index (χ0n) is 11.6. The van der Waals surface area contributed by atoms with Crippen molar-refractivity contribution in [3.05, 3.63) is 59.1 Å². The summed E-state index contributed by atoms with van der Waals surface area (Å²) < 4.78 is 0. The highest BCUT2D eigenvalue weighted by Gasteiger charge is 2.04. The Morgan fingerprint density at radius 1 is 1.24 bits per heavy atom. The Balaban J connectivity index is 1.85. The van der Waals surface area contributed by atoms with Gasteiger partial charge in [0.2, 0.25) is 5.95 Å². The molecule has 0 aliphatic carbocycles. The number of hydrogen-bond acceptors (Lipinski definition) is 3. The van der Waals surface area contributed by atoms with Gasteiger partial charge in [-0.1, -0.05) is 42.8 Å². The molecule has 0 radical (unpaired) electrons. The number of para-hydroxylation sites is 2. The number of rotatable bonds is 4. The summed E-state index contributed by atoms with van der Waals surface area (Å²) in [6, 6.07) is 15.5. The number of hydrazone groups is 1. The first-order valence-electron chi connectivity index (χ1n) is 6.79. The summed E-state index contributed by atoms with van der Waals surface area (Å²) in [6.07, 6.45) is 0.799. The summed E-state index contributed by atoms with van der Waals surface area (Å²) in [5.41, 5.74) is 6.81. The van der Waals surface area contributed by atoms with Crippen molar-refractivity contribution in [3.63, 3.8) is 0 Å². The van der Waals surface area contributed by atoms with E-state index in [1.807, 2.05) is 48.5 Å². The third-order valence-corrected chi connectivity index (χ3v) is 3.41. The van der Waals surface area contributed by atoms with Gasteiger partial charge in [0.1, 0.15) is 0 Å². The van der Waals surface area contributed by atoms with Gasteiger partial charge in [-0.2, -0.15) is 5.10 Å². The smallest absolute Gasteiger partial charge is 0.222 e. The van der Waals surface area contributed by atoms with Crippen molar-refractivity contribution in [2.45, 2.75) is 13.3 Å². The van der Waals surface area contributed by atoms with Crippen LogP contribution < -0.4 is 5.43 Å². The number of aromatic nitrogens is 2. The first-order valence-corrected chi connectivity index (χ1v) is 7.17. The molecule has 0 saturated carbocycles. The Morgan fingerprint density at radius 3 is 2.86 bits per heavy atom. The molecule has 0 fully saturated rings. The second-order valence-corrected chi connectivity index (χ2v) is 5.07. The summed E-state index contributed by atoms with van der Waals surface area (Å²) in [4.78, 5) is 7.61. The van der Waals surface area contributed by atoms with Crippen LogP contribution in [0.5, 0.6) is 0 Å². The molecule has 0 aliphatic rings. The molecule has 1 heterocycles. The van der Waals surface area contributed by atoms with Gasteiger partial charge in [0.25, 0.3) is 0 Å². The summed E-state index contributed by atoms with van der Waals surface area (Å²) >= 11 is 6.02. The van der Waals surface area contributed by atoms with Crippen molar-refractivity contribution in [1.82, 2.24) is 9.97 Å². The minimum atomic E-state index is 0.629. The predicted molar refractivity (Wildman–Crippen MR) is 88.0 cm³/mol. The van der Waals surface area contributed by atoms with E-state index in [1.165, 1.54) is 0 Å². The van der Waals surface area contributed by atoms with E-state index in [2.05, 4.69) is 27.4 Å². The van der Waals surface area contributed by atoms with Crippen LogP contribution in [0.1, 0.15) is 18.9 Å². The first-order chi connectivity index (χ1) is 10.3. The van der Waals surface area contributed by atoms with Crippen LogP contribution in [0.15, 0.2) is 53.6 Å². The van der Waals surface area contributed by atoms with Crippen molar-refractivity contribution >= 4 is 34.3 Å². The van der Waals surface area contributed by atoms with E-state index >= 15 is 0 Å². The van der Waals surface area contributed by atoms with E-state index in [9.17, 15) is 0 Å². The number of H-pyrrole nitrogens is 1. The summed E-state index contributed by atoms with van der Waals surface area (Å²) in [5.74, 6) is 0.629. The highest BCUT2D eigenvalue weighted by Crippen LogP contribution is 2.15. The van der Waals surface area contributed by atoms with E-state index in [-0.39, 0.29) is 0 Å². The lowest BCUT2D eigenvalue weighted by Gasteiger charge is -2.04. The second kappa shape index (κ2) is 5.97. The number of halogens is 1. The third kappa shape index (κ3) is 3.06. The highest BCUT2D eigenvalue weighted by molar-refractivity contribution is 6.31. The summed E-state index contributed by atoms with van der Waals surface area (Å²) in [5, 5.41) is 5.14. The molecule has 0 aliphatic heterocycles. The van der Waals surface area contributed by atoms with Gasteiger partial charge in [0.15, 0.2) is 0 Å². The molecule has 0 atom stereocenters. The standard InChI is InChI=1S/C16H15ClN4/c1-2-13(11-6-5-7-12(17)10-11)20-21-16-18-14-8-3-4-9-15(14)19-16/h3-10H,2H2,1H3,(H2,18,19,21)/b20-13+. The van der Waals surface area contributed by atoms with E-state index in [4.69, 9.17) is 11.6 Å². The lowest BCUT2D eigenvalue weighted by Crippen LogP contribution is -2.03. The number of nitrogens with zero attached hydrogens (tertiary/aromatic N) is 2. The van der Waals surface area contributed by atoms with Gasteiger partial charge in [0, 0.05) is 5.02 Å². The normalized spacial score (nSPS) is 11.8. The van der Waals surface area contributed by atoms with Crippen LogP contribution in [0.2, 0.25) is 5.02 Å². The average Bonchev–Trinajstić information content (AvgIpc) is 2.91. The first kappa shape index (κ1) is 13.6. The maximum absolute atomic E-state index is 6.02. The fraction of sp³-hybridized carbons (Fsp3) is 0.125. The van der Waals surface area contributed by atoms with E-state index in [1.54, 1.807) is 0 Å². The largest absolute Gasteiger partial charge is 0.323 e. The molecule has 106 valence electrons. The molecule has 1 aromatic heterocycles. The van der Waals surface area contributed by atoms with Crippen molar-refractivity contribution < 1.29 is 0 Å². The maximum Gasteiger partial charge on any atom is 0.222 e. The molecule has 0 bridgehead atoms.